The van der Waals surface area contributed by atoms with Crippen molar-refractivity contribution < 1.29 is 23.8 Å². The van der Waals surface area contributed by atoms with Gasteiger partial charge in [-0.05, 0) is 63.4 Å². The number of ketones is 1. The standard InChI is InChI=1S/C28H32O5/c1-18-14-25(31-5)23-16-20(12-13-22(23)26(18)32-6)24(29)17-21(27(30)33-28(2,3)4)15-19-10-8-7-9-11-19/h7-14,16,21H,15,17H2,1-6H3/t21-/m1/s1. The second-order valence-electron chi connectivity index (χ2n) is 9.24. The highest BCUT2D eigenvalue weighted by Gasteiger charge is 2.28. The minimum absolute atomic E-state index is 0.0562. The van der Waals surface area contributed by atoms with Gasteiger partial charge in [-0.2, -0.15) is 0 Å². The summed E-state index contributed by atoms with van der Waals surface area (Å²) in [5, 5.41) is 1.67. The van der Waals surface area contributed by atoms with E-state index < -0.39 is 11.5 Å². The van der Waals surface area contributed by atoms with Gasteiger partial charge in [0, 0.05) is 22.8 Å². The van der Waals surface area contributed by atoms with Gasteiger partial charge in [-0.15, -0.1) is 0 Å². The van der Waals surface area contributed by atoms with Crippen LogP contribution in [-0.2, 0) is 16.0 Å². The van der Waals surface area contributed by atoms with Gasteiger partial charge in [0.2, 0.25) is 0 Å². The van der Waals surface area contributed by atoms with Crippen LogP contribution in [0.4, 0.5) is 0 Å². The van der Waals surface area contributed by atoms with Gasteiger partial charge in [0.05, 0.1) is 20.1 Å². The molecule has 1 atom stereocenters. The van der Waals surface area contributed by atoms with E-state index in [9.17, 15) is 9.59 Å². The van der Waals surface area contributed by atoms with Gasteiger partial charge < -0.3 is 14.2 Å². The molecule has 0 heterocycles. The maximum atomic E-state index is 13.3. The number of aryl methyl sites for hydroxylation is 1. The first-order chi connectivity index (χ1) is 15.6. The molecule has 0 aliphatic carbocycles. The van der Waals surface area contributed by atoms with E-state index in [-0.39, 0.29) is 18.2 Å². The van der Waals surface area contributed by atoms with Crippen LogP contribution in [-0.4, -0.2) is 31.6 Å². The first-order valence-corrected chi connectivity index (χ1v) is 11.1. The smallest absolute Gasteiger partial charge is 0.310 e. The predicted molar refractivity (Wildman–Crippen MR) is 130 cm³/mol. The Morgan fingerprint density at radius 2 is 1.61 bits per heavy atom. The molecule has 174 valence electrons. The van der Waals surface area contributed by atoms with Crippen LogP contribution in [0.3, 0.4) is 0 Å². The summed E-state index contributed by atoms with van der Waals surface area (Å²) in [4.78, 5) is 26.3. The fraction of sp³-hybridized carbons (Fsp3) is 0.357. The fourth-order valence-electron chi connectivity index (χ4n) is 3.98. The number of hydrogen-bond acceptors (Lipinski definition) is 5. The van der Waals surface area contributed by atoms with Crippen LogP contribution in [0.2, 0.25) is 0 Å². The number of esters is 1. The van der Waals surface area contributed by atoms with E-state index in [4.69, 9.17) is 14.2 Å². The molecule has 5 nitrogen and oxygen atoms in total. The summed E-state index contributed by atoms with van der Waals surface area (Å²) in [7, 11) is 3.23. The Hall–Kier alpha value is -3.34. The van der Waals surface area contributed by atoms with Crippen molar-refractivity contribution in [2.45, 2.75) is 46.1 Å². The number of benzene rings is 3. The topological polar surface area (TPSA) is 61.8 Å². The number of ether oxygens (including phenoxy) is 3. The normalized spacial score (nSPS) is 12.3. The molecule has 0 bridgehead atoms. The van der Waals surface area contributed by atoms with Crippen LogP contribution in [0, 0.1) is 12.8 Å². The SMILES string of the molecule is COc1cc(C)c(OC)c2ccc(C(=O)C[C@@H](Cc3ccccc3)C(=O)OC(C)(C)C)cc12. The lowest BCUT2D eigenvalue weighted by Crippen LogP contribution is -2.31. The lowest BCUT2D eigenvalue weighted by Gasteiger charge is -2.24. The minimum Gasteiger partial charge on any atom is -0.496 e. The third-order valence-electron chi connectivity index (χ3n) is 5.48. The number of rotatable bonds is 8. The van der Waals surface area contributed by atoms with E-state index in [1.165, 1.54) is 0 Å². The predicted octanol–water partition coefficient (Wildman–Crippen LogP) is 5.94. The largest absolute Gasteiger partial charge is 0.496 e. The lowest BCUT2D eigenvalue weighted by molar-refractivity contribution is -0.159. The van der Waals surface area contributed by atoms with Crippen molar-refractivity contribution in [3.8, 4) is 11.5 Å². The summed E-state index contributed by atoms with van der Waals surface area (Å²) >= 11 is 0. The van der Waals surface area contributed by atoms with Crippen molar-refractivity contribution in [1.82, 2.24) is 0 Å². The summed E-state index contributed by atoms with van der Waals surface area (Å²) in [6.45, 7) is 7.45. The molecule has 3 aromatic carbocycles. The molecule has 5 heteroatoms. The molecule has 33 heavy (non-hydrogen) atoms. The Labute approximate surface area is 195 Å². The third kappa shape index (κ3) is 5.92. The average Bonchev–Trinajstić information content (AvgIpc) is 2.77. The Bertz CT molecular complexity index is 1140. The number of carbonyl (C=O) groups excluding carboxylic acids is 2. The first kappa shape index (κ1) is 24.3. The van der Waals surface area contributed by atoms with Crippen molar-refractivity contribution in [3.05, 3.63) is 71.3 Å². The number of fused-ring (bicyclic) bond motifs is 1. The van der Waals surface area contributed by atoms with Crippen LogP contribution < -0.4 is 9.47 Å². The molecular weight excluding hydrogens is 416 g/mol. The van der Waals surface area contributed by atoms with Crippen LogP contribution >= 0.6 is 0 Å². The second-order valence-corrected chi connectivity index (χ2v) is 9.24. The van der Waals surface area contributed by atoms with Crippen molar-refractivity contribution in [1.29, 1.82) is 0 Å². The van der Waals surface area contributed by atoms with Crippen molar-refractivity contribution in [2.75, 3.05) is 14.2 Å². The van der Waals surface area contributed by atoms with Crippen LogP contribution in [0.5, 0.6) is 11.5 Å². The zero-order valence-electron chi connectivity index (χ0n) is 20.2. The van der Waals surface area contributed by atoms with E-state index in [1.807, 2.05) is 76.2 Å². The van der Waals surface area contributed by atoms with Crippen molar-refractivity contribution in [2.24, 2.45) is 5.92 Å². The number of Topliss-reactive ketones (excluding diaryl/α,β-unsaturated/α-hetero) is 1. The molecule has 0 aromatic heterocycles. The van der Waals surface area contributed by atoms with E-state index in [0.29, 0.717) is 17.7 Å². The number of carbonyl (C=O) groups is 2. The maximum absolute atomic E-state index is 13.3. The zero-order chi connectivity index (χ0) is 24.2. The summed E-state index contributed by atoms with van der Waals surface area (Å²) in [5.74, 6) is 0.358. The van der Waals surface area contributed by atoms with E-state index in [0.717, 1.165) is 27.6 Å². The second kappa shape index (κ2) is 10.1. The maximum Gasteiger partial charge on any atom is 0.310 e. The molecular formula is C28H32O5. The molecule has 0 N–H and O–H groups in total. The molecule has 0 aliphatic heterocycles. The van der Waals surface area contributed by atoms with Crippen LogP contribution in [0.25, 0.3) is 10.8 Å². The molecule has 0 fully saturated rings. The van der Waals surface area contributed by atoms with Gasteiger partial charge >= 0.3 is 5.97 Å². The Balaban J connectivity index is 1.93. The van der Waals surface area contributed by atoms with Gasteiger partial charge in [0.1, 0.15) is 17.1 Å². The fourth-order valence-corrected chi connectivity index (χ4v) is 3.98. The minimum atomic E-state index is -0.625. The van der Waals surface area contributed by atoms with E-state index in [2.05, 4.69) is 0 Å². The molecule has 3 aromatic rings. The Morgan fingerprint density at radius 3 is 2.21 bits per heavy atom. The first-order valence-electron chi connectivity index (χ1n) is 11.1. The Kier molecular flexibility index (Phi) is 7.42. The highest BCUT2D eigenvalue weighted by molar-refractivity contribution is 6.04. The lowest BCUT2D eigenvalue weighted by atomic mass is 9.91. The summed E-state index contributed by atoms with van der Waals surface area (Å²) < 4.78 is 16.8. The number of hydrogen-bond donors (Lipinski definition) is 0. The molecule has 0 saturated carbocycles. The van der Waals surface area contributed by atoms with Gasteiger partial charge in [0.25, 0.3) is 0 Å². The molecule has 3 rings (SSSR count). The summed E-state index contributed by atoms with van der Waals surface area (Å²) in [6, 6.07) is 17.0. The van der Waals surface area contributed by atoms with Crippen LogP contribution in [0.15, 0.2) is 54.6 Å². The van der Waals surface area contributed by atoms with Gasteiger partial charge in [0.15, 0.2) is 5.78 Å². The van der Waals surface area contributed by atoms with E-state index >= 15 is 0 Å². The highest BCUT2D eigenvalue weighted by Crippen LogP contribution is 2.37. The van der Waals surface area contributed by atoms with Gasteiger partial charge in [-0.3, -0.25) is 9.59 Å². The summed E-state index contributed by atoms with van der Waals surface area (Å²) in [5.41, 5.74) is 1.84. The third-order valence-corrected chi connectivity index (χ3v) is 5.48. The highest BCUT2D eigenvalue weighted by atomic mass is 16.6. The average molecular weight is 449 g/mol. The van der Waals surface area contributed by atoms with Crippen molar-refractivity contribution in [3.63, 3.8) is 0 Å². The van der Waals surface area contributed by atoms with Gasteiger partial charge in [-0.25, -0.2) is 0 Å². The molecule has 0 aliphatic rings. The molecule has 0 saturated heterocycles. The zero-order valence-corrected chi connectivity index (χ0v) is 20.2. The van der Waals surface area contributed by atoms with Crippen LogP contribution in [0.1, 0.15) is 48.7 Å². The molecule has 0 radical (unpaired) electrons. The quantitative estimate of drug-likeness (QED) is 0.315. The molecule has 0 spiro atoms. The molecule has 0 unspecified atom stereocenters. The summed E-state index contributed by atoms with van der Waals surface area (Å²) in [6.07, 6.45) is 0.492. The van der Waals surface area contributed by atoms with E-state index in [1.54, 1.807) is 20.3 Å². The van der Waals surface area contributed by atoms with Gasteiger partial charge in [-0.1, -0.05) is 36.4 Å². The van der Waals surface area contributed by atoms with Crippen molar-refractivity contribution >= 4 is 22.5 Å². The Morgan fingerprint density at radius 1 is 0.909 bits per heavy atom. The molecule has 0 amide bonds. The monoisotopic (exact) mass is 448 g/mol. The number of methoxy groups -OCH3 is 2.